The van der Waals surface area contributed by atoms with Crippen LogP contribution < -0.4 is 5.32 Å². The Balaban J connectivity index is 1.84. The van der Waals surface area contributed by atoms with Crippen molar-refractivity contribution in [1.82, 2.24) is 9.62 Å². The average molecular weight is 540 g/mol. The number of hydrogen-bond acceptors (Lipinski definition) is 3. The van der Waals surface area contributed by atoms with Crippen LogP contribution >= 0.6 is 27.5 Å². The van der Waals surface area contributed by atoms with E-state index in [1.165, 1.54) is 24.3 Å². The molecule has 5 nitrogen and oxygen atoms in total. The third-order valence-electron chi connectivity index (χ3n) is 4.82. The molecule has 32 heavy (non-hydrogen) atoms. The lowest BCUT2D eigenvalue weighted by molar-refractivity contribution is -0.122. The van der Waals surface area contributed by atoms with Gasteiger partial charge in [-0.15, -0.1) is 0 Å². The highest BCUT2D eigenvalue weighted by atomic mass is 79.9. The molecule has 0 spiro atoms. The lowest BCUT2D eigenvalue weighted by Gasteiger charge is -2.24. The fourth-order valence-corrected chi connectivity index (χ4v) is 4.91. The molecule has 1 N–H and O–H groups in total. The minimum absolute atomic E-state index is 0.0622. The van der Waals surface area contributed by atoms with Gasteiger partial charge < -0.3 is 5.32 Å². The summed E-state index contributed by atoms with van der Waals surface area (Å²) < 4.78 is 41.7. The van der Waals surface area contributed by atoms with Crippen LogP contribution in [-0.2, 0) is 21.4 Å². The highest BCUT2D eigenvalue weighted by Gasteiger charge is 2.28. The van der Waals surface area contributed by atoms with Crippen LogP contribution in [0.4, 0.5) is 4.39 Å². The minimum Gasteiger partial charge on any atom is -0.348 e. The first-order valence-corrected chi connectivity index (χ1v) is 12.3. The number of halogens is 3. The predicted molar refractivity (Wildman–Crippen MR) is 126 cm³/mol. The second-order valence-corrected chi connectivity index (χ2v) is 10.4. The molecule has 0 aromatic heterocycles. The van der Waals surface area contributed by atoms with Gasteiger partial charge in [0.05, 0.1) is 17.5 Å². The SMILES string of the molecule is C[C@H](NC(=O)CN(Cc1ccccc1Cl)S(=O)(=O)c1ccc(Br)cc1)c1ccc(F)cc1. The van der Waals surface area contributed by atoms with Gasteiger partial charge in [0.25, 0.3) is 0 Å². The third-order valence-corrected chi connectivity index (χ3v) is 7.53. The standard InChI is InChI=1S/C23H21BrClFN2O3S/c1-16(17-6-10-20(26)11-7-17)27-23(29)15-28(14-18-4-2-3-5-22(18)25)32(30,31)21-12-8-19(24)9-13-21/h2-13,16H,14-15H2,1H3,(H,27,29)/t16-/m0/s1. The van der Waals surface area contributed by atoms with Gasteiger partial charge in [-0.3, -0.25) is 4.79 Å². The highest BCUT2D eigenvalue weighted by molar-refractivity contribution is 9.10. The van der Waals surface area contributed by atoms with Crippen LogP contribution in [0.3, 0.4) is 0 Å². The topological polar surface area (TPSA) is 66.5 Å². The summed E-state index contributed by atoms with van der Waals surface area (Å²) in [6, 6.07) is 18.4. The van der Waals surface area contributed by atoms with Crippen molar-refractivity contribution < 1.29 is 17.6 Å². The molecule has 0 aliphatic heterocycles. The van der Waals surface area contributed by atoms with Crippen molar-refractivity contribution in [3.05, 3.63) is 99.2 Å². The molecule has 0 aliphatic carbocycles. The summed E-state index contributed by atoms with van der Waals surface area (Å²) in [5.41, 5.74) is 1.28. The second kappa shape index (κ2) is 10.6. The largest absolute Gasteiger partial charge is 0.348 e. The maximum atomic E-state index is 13.3. The van der Waals surface area contributed by atoms with Gasteiger partial charge >= 0.3 is 0 Å². The number of sulfonamides is 1. The summed E-state index contributed by atoms with van der Waals surface area (Å²) in [4.78, 5) is 12.8. The summed E-state index contributed by atoms with van der Waals surface area (Å²) in [5, 5.41) is 3.18. The number of rotatable bonds is 8. The molecular weight excluding hydrogens is 519 g/mol. The van der Waals surface area contributed by atoms with E-state index < -0.39 is 28.5 Å². The van der Waals surface area contributed by atoms with Crippen LogP contribution in [0.25, 0.3) is 0 Å². The van der Waals surface area contributed by atoms with Crippen LogP contribution in [0.15, 0.2) is 82.2 Å². The summed E-state index contributed by atoms with van der Waals surface area (Å²) >= 11 is 9.53. The first-order chi connectivity index (χ1) is 15.2. The molecule has 0 heterocycles. The van der Waals surface area contributed by atoms with Crippen LogP contribution in [0.5, 0.6) is 0 Å². The summed E-state index contributed by atoms with van der Waals surface area (Å²) in [7, 11) is -3.99. The fourth-order valence-electron chi connectivity index (χ4n) is 3.08. The van der Waals surface area contributed by atoms with E-state index in [9.17, 15) is 17.6 Å². The van der Waals surface area contributed by atoms with Gasteiger partial charge in [0.1, 0.15) is 5.82 Å². The molecule has 0 aliphatic rings. The summed E-state index contributed by atoms with van der Waals surface area (Å²) in [6.45, 7) is 1.26. The highest BCUT2D eigenvalue weighted by Crippen LogP contribution is 2.24. The van der Waals surface area contributed by atoms with Gasteiger partial charge in [-0.2, -0.15) is 4.31 Å². The molecular formula is C23H21BrClFN2O3S. The summed E-state index contributed by atoms with van der Waals surface area (Å²) in [6.07, 6.45) is 0. The van der Waals surface area contributed by atoms with E-state index in [4.69, 9.17) is 11.6 Å². The number of nitrogens with zero attached hydrogens (tertiary/aromatic N) is 1. The first-order valence-electron chi connectivity index (χ1n) is 9.71. The zero-order valence-corrected chi connectivity index (χ0v) is 20.3. The van der Waals surface area contributed by atoms with Gasteiger partial charge in [0.15, 0.2) is 0 Å². The Morgan fingerprint density at radius 2 is 1.69 bits per heavy atom. The number of benzene rings is 3. The Bertz CT molecular complexity index is 1190. The molecule has 3 aromatic carbocycles. The fraction of sp³-hybridized carbons (Fsp3) is 0.174. The number of carbonyl (C=O) groups is 1. The van der Waals surface area contributed by atoms with Crippen LogP contribution in [0.2, 0.25) is 5.02 Å². The van der Waals surface area contributed by atoms with E-state index in [1.807, 2.05) is 0 Å². The Morgan fingerprint density at radius 3 is 2.31 bits per heavy atom. The summed E-state index contributed by atoms with van der Waals surface area (Å²) in [5.74, 6) is -0.867. The lowest BCUT2D eigenvalue weighted by Crippen LogP contribution is -2.41. The Labute approximate surface area is 200 Å². The molecule has 168 valence electrons. The number of carbonyl (C=O) groups excluding carboxylic acids is 1. The van der Waals surface area contributed by atoms with E-state index in [2.05, 4.69) is 21.2 Å². The number of amides is 1. The van der Waals surface area contributed by atoms with Crippen molar-refractivity contribution in [1.29, 1.82) is 0 Å². The molecule has 1 amide bonds. The average Bonchev–Trinajstić information content (AvgIpc) is 2.75. The minimum atomic E-state index is -3.99. The van der Waals surface area contributed by atoms with Crippen molar-refractivity contribution in [2.75, 3.05) is 6.54 Å². The van der Waals surface area contributed by atoms with Gasteiger partial charge in [-0.1, -0.05) is 57.9 Å². The quantitative estimate of drug-likeness (QED) is 0.422. The molecule has 0 saturated heterocycles. The molecule has 0 fully saturated rings. The van der Waals surface area contributed by atoms with Gasteiger partial charge in [-0.05, 0) is 60.5 Å². The van der Waals surface area contributed by atoms with Crippen LogP contribution in [0, 0.1) is 5.82 Å². The maximum absolute atomic E-state index is 13.3. The van der Waals surface area contributed by atoms with Crippen molar-refractivity contribution in [2.24, 2.45) is 0 Å². The van der Waals surface area contributed by atoms with Crippen molar-refractivity contribution >= 4 is 43.5 Å². The Kier molecular flexibility index (Phi) is 8.05. The zero-order valence-electron chi connectivity index (χ0n) is 17.1. The monoisotopic (exact) mass is 538 g/mol. The van der Waals surface area contributed by atoms with E-state index >= 15 is 0 Å². The Hall–Kier alpha value is -2.26. The molecule has 0 saturated carbocycles. The van der Waals surface area contributed by atoms with E-state index in [1.54, 1.807) is 55.5 Å². The van der Waals surface area contributed by atoms with Crippen LogP contribution in [-0.4, -0.2) is 25.2 Å². The molecule has 0 unspecified atom stereocenters. The molecule has 3 aromatic rings. The molecule has 3 rings (SSSR count). The van der Waals surface area contributed by atoms with E-state index in [0.29, 0.717) is 16.1 Å². The molecule has 1 atom stereocenters. The number of hydrogen-bond donors (Lipinski definition) is 1. The lowest BCUT2D eigenvalue weighted by atomic mass is 10.1. The van der Waals surface area contributed by atoms with Gasteiger partial charge in [-0.25, -0.2) is 12.8 Å². The zero-order chi connectivity index (χ0) is 23.3. The maximum Gasteiger partial charge on any atom is 0.243 e. The molecule has 9 heteroatoms. The van der Waals surface area contributed by atoms with Crippen molar-refractivity contribution in [3.8, 4) is 0 Å². The predicted octanol–water partition coefficient (Wildman–Crippen LogP) is 5.31. The molecule has 0 bridgehead atoms. The number of nitrogens with one attached hydrogen (secondary N) is 1. The van der Waals surface area contributed by atoms with E-state index in [-0.39, 0.29) is 17.3 Å². The first kappa shape index (κ1) is 24.4. The van der Waals surface area contributed by atoms with Crippen LogP contribution in [0.1, 0.15) is 24.1 Å². The second-order valence-electron chi connectivity index (χ2n) is 7.16. The van der Waals surface area contributed by atoms with Crippen molar-refractivity contribution in [3.63, 3.8) is 0 Å². The van der Waals surface area contributed by atoms with E-state index in [0.717, 1.165) is 8.78 Å². The normalized spacial score (nSPS) is 12.5. The smallest absolute Gasteiger partial charge is 0.243 e. The third kappa shape index (κ3) is 6.16. The Morgan fingerprint density at radius 1 is 1.06 bits per heavy atom. The van der Waals surface area contributed by atoms with Gasteiger partial charge in [0, 0.05) is 16.0 Å². The van der Waals surface area contributed by atoms with Crippen molar-refractivity contribution in [2.45, 2.75) is 24.4 Å². The molecule has 0 radical (unpaired) electrons. The van der Waals surface area contributed by atoms with Gasteiger partial charge in [0.2, 0.25) is 15.9 Å².